The summed E-state index contributed by atoms with van der Waals surface area (Å²) in [6, 6.07) is 31.2. The van der Waals surface area contributed by atoms with Gasteiger partial charge in [0.2, 0.25) is 0 Å². The Morgan fingerprint density at radius 1 is 0.621 bits per heavy atom. The van der Waals surface area contributed by atoms with Crippen molar-refractivity contribution in [2.45, 2.75) is 96.0 Å². The first kappa shape index (κ1) is 36.4. The minimum absolute atomic E-state index is 0.152. The number of hydrogen-bond acceptors (Lipinski definition) is 4. The van der Waals surface area contributed by atoms with Gasteiger partial charge in [-0.05, 0) is 167 Å². The molecule has 1 heterocycles. The number of hydrogen-bond donors (Lipinski definition) is 0. The fourth-order valence-corrected chi connectivity index (χ4v) is 14.7. The summed E-state index contributed by atoms with van der Waals surface area (Å²) in [6.45, 7) is 10.0. The highest BCUT2D eigenvalue weighted by Crippen LogP contribution is 2.68. The van der Waals surface area contributed by atoms with Crippen LogP contribution in [0.4, 0.5) is 0 Å². The molecule has 4 nitrogen and oxygen atoms in total. The van der Waals surface area contributed by atoms with Gasteiger partial charge in [-0.1, -0.05) is 82.3 Å². The molecule has 0 radical (unpaired) electrons. The van der Waals surface area contributed by atoms with Crippen molar-refractivity contribution < 1.29 is 18.9 Å². The third-order valence-electron chi connectivity index (χ3n) is 15.7. The van der Waals surface area contributed by atoms with Crippen LogP contribution in [0.25, 0.3) is 28.0 Å². The molecule has 58 heavy (non-hydrogen) atoms. The van der Waals surface area contributed by atoms with Crippen molar-refractivity contribution in [2.75, 3.05) is 21.3 Å². The zero-order valence-electron chi connectivity index (χ0n) is 35.4. The molecule has 5 saturated carbocycles. The maximum Gasteiger partial charge on any atom is 0.178 e. The Morgan fingerprint density at radius 2 is 1.21 bits per heavy atom. The van der Waals surface area contributed by atoms with Gasteiger partial charge in [0.25, 0.3) is 0 Å². The molecule has 0 atom stereocenters. The molecule has 7 aliphatic rings. The van der Waals surface area contributed by atoms with Gasteiger partial charge in [0.05, 0.1) is 21.3 Å². The predicted octanol–water partition coefficient (Wildman–Crippen LogP) is 13.3. The van der Waals surface area contributed by atoms with E-state index in [1.807, 2.05) is 31.4 Å². The lowest BCUT2D eigenvalue weighted by molar-refractivity contribution is -0.00342. The molecule has 0 saturated heterocycles. The Bertz CT molecular complexity index is 2390. The molecule has 0 aromatic heterocycles. The molecule has 4 heteroatoms. The van der Waals surface area contributed by atoms with Crippen LogP contribution in [0.15, 0.2) is 91.0 Å². The Labute approximate surface area is 345 Å². The average Bonchev–Trinajstić information content (AvgIpc) is 3.47. The number of methoxy groups -OCH3 is 3. The van der Waals surface area contributed by atoms with E-state index >= 15 is 0 Å². The molecular formula is C54H58O4. The molecule has 298 valence electrons. The van der Waals surface area contributed by atoms with Crippen LogP contribution >= 0.6 is 0 Å². The van der Waals surface area contributed by atoms with E-state index in [0.29, 0.717) is 5.92 Å². The van der Waals surface area contributed by atoms with Gasteiger partial charge in [0.15, 0.2) is 5.60 Å². The second-order valence-corrected chi connectivity index (χ2v) is 20.7. The van der Waals surface area contributed by atoms with E-state index in [-0.39, 0.29) is 16.2 Å². The van der Waals surface area contributed by atoms with Gasteiger partial charge in [0.1, 0.15) is 23.0 Å². The maximum atomic E-state index is 7.87. The Morgan fingerprint density at radius 3 is 1.78 bits per heavy atom. The Balaban J connectivity index is 1.22. The van der Waals surface area contributed by atoms with Crippen LogP contribution in [-0.2, 0) is 11.0 Å². The van der Waals surface area contributed by atoms with Crippen LogP contribution in [-0.4, -0.2) is 21.3 Å². The van der Waals surface area contributed by atoms with Crippen molar-refractivity contribution in [2.24, 2.45) is 34.5 Å². The van der Waals surface area contributed by atoms with Crippen molar-refractivity contribution >= 4 is 16.8 Å². The van der Waals surface area contributed by atoms with Crippen molar-refractivity contribution in [3.63, 3.8) is 0 Å². The molecule has 1 aliphatic heterocycles. The standard InChI is InChI=1S/C54H58O4/c1-51(2)29-52(3,4)31-53(30-51)45-11-9-8-10-40(45)48-42-27-44(47-34-23-32-22-33(25-34)26-35(47)24-32)46(57-7)28-43(42)50-41(49(48)53)20-21-54(58-50,36-12-16-38(55-5)17-13-36)37-14-18-39(56-6)19-15-37/h8-21,27-28,32-35,47H,22-26,29-31H2,1-7H3. The summed E-state index contributed by atoms with van der Waals surface area (Å²) in [5, 5.41) is 2.45. The van der Waals surface area contributed by atoms with Crippen LogP contribution < -0.4 is 18.9 Å². The van der Waals surface area contributed by atoms with Gasteiger partial charge >= 0.3 is 0 Å². The van der Waals surface area contributed by atoms with Gasteiger partial charge in [-0.3, -0.25) is 0 Å². The zero-order chi connectivity index (χ0) is 39.8. The summed E-state index contributed by atoms with van der Waals surface area (Å²) >= 11 is 0. The van der Waals surface area contributed by atoms with Crippen molar-refractivity contribution in [3.05, 3.63) is 124 Å². The Kier molecular flexibility index (Phi) is 7.94. The summed E-state index contributed by atoms with van der Waals surface area (Å²) in [4.78, 5) is 0. The summed E-state index contributed by atoms with van der Waals surface area (Å²) < 4.78 is 25.7. The van der Waals surface area contributed by atoms with E-state index in [4.69, 9.17) is 18.9 Å². The van der Waals surface area contributed by atoms with Crippen LogP contribution in [0.3, 0.4) is 0 Å². The first-order chi connectivity index (χ1) is 27.9. The predicted molar refractivity (Wildman–Crippen MR) is 234 cm³/mol. The molecule has 0 unspecified atom stereocenters. The monoisotopic (exact) mass is 770 g/mol. The molecule has 0 amide bonds. The SMILES string of the molecule is COc1ccc(C2(c3ccc(OC)cc3)C=Cc3c4c(c5cc(C6C7CC8CC(C7)CC6C8)c(OC)cc5c3O2)-c2ccccc2C42CC(C)(C)CC(C)(C)C2)cc1. The van der Waals surface area contributed by atoms with Crippen LogP contribution in [0.5, 0.6) is 23.0 Å². The minimum atomic E-state index is -0.899. The molecule has 5 fully saturated rings. The normalized spacial score (nSPS) is 27.1. The summed E-state index contributed by atoms with van der Waals surface area (Å²) in [6.07, 6.45) is 15.1. The maximum absolute atomic E-state index is 7.87. The zero-order valence-corrected chi connectivity index (χ0v) is 35.4. The molecule has 1 spiro atoms. The first-order valence-electron chi connectivity index (χ1n) is 21.9. The third-order valence-corrected chi connectivity index (χ3v) is 15.7. The molecule has 6 aliphatic carbocycles. The molecule has 5 aromatic rings. The van der Waals surface area contributed by atoms with Crippen LogP contribution in [0.2, 0.25) is 0 Å². The fourth-order valence-electron chi connectivity index (χ4n) is 14.7. The van der Waals surface area contributed by atoms with Gasteiger partial charge < -0.3 is 18.9 Å². The minimum Gasteiger partial charge on any atom is -0.497 e. The molecule has 4 bridgehead atoms. The fraction of sp³-hybridized carbons (Fsp3) is 0.444. The van der Waals surface area contributed by atoms with E-state index in [9.17, 15) is 0 Å². The van der Waals surface area contributed by atoms with Gasteiger partial charge in [-0.25, -0.2) is 0 Å². The number of fused-ring (bicyclic) bond motifs is 10. The number of ether oxygens (including phenoxy) is 4. The van der Waals surface area contributed by atoms with Crippen molar-refractivity contribution in [1.29, 1.82) is 0 Å². The number of rotatable bonds is 6. The molecular weight excluding hydrogens is 713 g/mol. The van der Waals surface area contributed by atoms with Gasteiger partial charge in [0, 0.05) is 27.5 Å². The highest BCUT2D eigenvalue weighted by Gasteiger charge is 2.56. The van der Waals surface area contributed by atoms with Crippen LogP contribution in [0, 0.1) is 34.5 Å². The quantitative estimate of drug-likeness (QED) is 0.172. The van der Waals surface area contributed by atoms with E-state index in [1.165, 1.54) is 77.3 Å². The summed E-state index contributed by atoms with van der Waals surface area (Å²) in [5.41, 5.74) is 9.75. The second-order valence-electron chi connectivity index (χ2n) is 20.7. The van der Waals surface area contributed by atoms with E-state index in [0.717, 1.165) is 76.0 Å². The molecule has 5 aromatic carbocycles. The van der Waals surface area contributed by atoms with Gasteiger partial charge in [-0.2, -0.15) is 0 Å². The van der Waals surface area contributed by atoms with Crippen LogP contribution in [0.1, 0.15) is 118 Å². The Hall–Kier alpha value is -4.70. The van der Waals surface area contributed by atoms with E-state index in [2.05, 4.69) is 101 Å². The van der Waals surface area contributed by atoms with Crippen molar-refractivity contribution in [1.82, 2.24) is 0 Å². The highest BCUT2D eigenvalue weighted by molar-refractivity contribution is 6.09. The lowest BCUT2D eigenvalue weighted by atomic mass is 9.50. The largest absolute Gasteiger partial charge is 0.497 e. The lowest BCUT2D eigenvalue weighted by Gasteiger charge is -2.54. The van der Waals surface area contributed by atoms with Crippen molar-refractivity contribution in [3.8, 4) is 34.1 Å². The smallest absolute Gasteiger partial charge is 0.178 e. The average molecular weight is 771 g/mol. The topological polar surface area (TPSA) is 36.9 Å². The van der Waals surface area contributed by atoms with E-state index < -0.39 is 5.60 Å². The number of benzene rings is 5. The molecule has 0 N–H and O–H groups in total. The summed E-state index contributed by atoms with van der Waals surface area (Å²) in [7, 11) is 5.33. The van der Waals surface area contributed by atoms with Gasteiger partial charge in [-0.15, -0.1) is 0 Å². The highest BCUT2D eigenvalue weighted by atomic mass is 16.5. The van der Waals surface area contributed by atoms with E-state index in [1.54, 1.807) is 14.2 Å². The molecule has 12 rings (SSSR count). The third kappa shape index (κ3) is 5.25. The summed E-state index contributed by atoms with van der Waals surface area (Å²) in [5.74, 6) is 7.45. The second kappa shape index (κ2) is 12.7. The lowest BCUT2D eigenvalue weighted by Crippen LogP contribution is -2.44. The first-order valence-corrected chi connectivity index (χ1v) is 21.9.